The summed E-state index contributed by atoms with van der Waals surface area (Å²) in [5, 5.41) is 5.83. The van der Waals surface area contributed by atoms with Crippen LogP contribution in [0.25, 0.3) is 21.0 Å². The molecule has 3 heterocycles. The van der Waals surface area contributed by atoms with Crippen molar-refractivity contribution in [1.29, 1.82) is 0 Å². The molecule has 4 aromatic rings. The molecular formula is C19H12ClN3OS2. The molecule has 1 amide bonds. The van der Waals surface area contributed by atoms with E-state index in [0.717, 1.165) is 21.0 Å². The van der Waals surface area contributed by atoms with Gasteiger partial charge in [0.15, 0.2) is 5.13 Å². The number of benzene rings is 1. The summed E-state index contributed by atoms with van der Waals surface area (Å²) in [7, 11) is 0. The second-order valence-corrected chi connectivity index (χ2v) is 7.70. The first-order chi connectivity index (χ1) is 12.7. The topological polar surface area (TPSA) is 54.9 Å². The van der Waals surface area contributed by atoms with Crippen LogP contribution in [0.1, 0.15) is 10.4 Å². The maximum Gasteiger partial charge on any atom is 0.258 e. The van der Waals surface area contributed by atoms with Crippen LogP contribution in [0, 0.1) is 0 Å². The number of thiazole rings is 1. The number of rotatable bonds is 4. The highest BCUT2D eigenvalue weighted by molar-refractivity contribution is 7.23. The number of anilines is 1. The van der Waals surface area contributed by atoms with Gasteiger partial charge in [0.05, 0.1) is 21.2 Å². The number of pyridine rings is 1. The number of aromatic nitrogens is 2. The zero-order valence-electron chi connectivity index (χ0n) is 13.3. The smallest absolute Gasteiger partial charge is 0.258 e. The molecular weight excluding hydrogens is 386 g/mol. The maximum absolute atomic E-state index is 12.5. The van der Waals surface area contributed by atoms with Crippen molar-refractivity contribution in [3.8, 4) is 21.0 Å². The Morgan fingerprint density at radius 1 is 1.04 bits per heavy atom. The molecule has 26 heavy (non-hydrogen) atoms. The minimum absolute atomic E-state index is 0.275. The SMILES string of the molecule is O=C(Nc1nc(-c2ccncc2)c(-c2cccs2)s1)c1ccccc1Cl. The Morgan fingerprint density at radius 3 is 2.58 bits per heavy atom. The molecule has 0 radical (unpaired) electrons. The fraction of sp³-hybridized carbons (Fsp3) is 0. The highest BCUT2D eigenvalue weighted by Crippen LogP contribution is 2.41. The Morgan fingerprint density at radius 2 is 1.85 bits per heavy atom. The number of hydrogen-bond donors (Lipinski definition) is 1. The zero-order valence-corrected chi connectivity index (χ0v) is 15.7. The molecule has 0 aliphatic heterocycles. The molecule has 128 valence electrons. The number of halogens is 1. The Hall–Kier alpha value is -2.54. The van der Waals surface area contributed by atoms with Gasteiger partial charge in [0, 0.05) is 22.8 Å². The van der Waals surface area contributed by atoms with Crippen LogP contribution in [-0.2, 0) is 0 Å². The molecule has 0 aliphatic carbocycles. The predicted molar refractivity (Wildman–Crippen MR) is 108 cm³/mol. The lowest BCUT2D eigenvalue weighted by molar-refractivity contribution is 0.102. The highest BCUT2D eigenvalue weighted by Gasteiger charge is 2.18. The fourth-order valence-corrected chi connectivity index (χ4v) is 4.52. The average molecular weight is 398 g/mol. The van der Waals surface area contributed by atoms with E-state index in [0.29, 0.717) is 15.7 Å². The van der Waals surface area contributed by atoms with Crippen LogP contribution < -0.4 is 5.32 Å². The van der Waals surface area contributed by atoms with E-state index >= 15 is 0 Å². The van der Waals surface area contributed by atoms with Gasteiger partial charge in [0.2, 0.25) is 0 Å². The maximum atomic E-state index is 12.5. The summed E-state index contributed by atoms with van der Waals surface area (Å²) in [6, 6.07) is 14.8. The first-order valence-electron chi connectivity index (χ1n) is 7.73. The molecule has 0 fully saturated rings. The summed E-state index contributed by atoms with van der Waals surface area (Å²) in [5.41, 5.74) is 2.21. The molecule has 0 aliphatic rings. The van der Waals surface area contributed by atoms with Gasteiger partial charge < -0.3 is 0 Å². The lowest BCUT2D eigenvalue weighted by atomic mass is 10.1. The quantitative estimate of drug-likeness (QED) is 0.470. The summed E-state index contributed by atoms with van der Waals surface area (Å²) < 4.78 is 0. The molecule has 0 spiro atoms. The molecule has 0 unspecified atom stereocenters. The van der Waals surface area contributed by atoms with Gasteiger partial charge >= 0.3 is 0 Å². The molecule has 0 saturated heterocycles. The van der Waals surface area contributed by atoms with Gasteiger partial charge in [-0.25, -0.2) is 4.98 Å². The molecule has 0 bridgehead atoms. The van der Waals surface area contributed by atoms with Crippen LogP contribution in [0.2, 0.25) is 5.02 Å². The van der Waals surface area contributed by atoms with Gasteiger partial charge in [-0.1, -0.05) is 41.1 Å². The minimum atomic E-state index is -0.275. The van der Waals surface area contributed by atoms with Crippen molar-refractivity contribution < 1.29 is 4.79 Å². The van der Waals surface area contributed by atoms with Crippen LogP contribution in [0.4, 0.5) is 5.13 Å². The molecule has 0 atom stereocenters. The number of hydrogen-bond acceptors (Lipinski definition) is 5. The monoisotopic (exact) mass is 397 g/mol. The van der Waals surface area contributed by atoms with Crippen LogP contribution in [0.5, 0.6) is 0 Å². The van der Waals surface area contributed by atoms with Crippen LogP contribution in [0.3, 0.4) is 0 Å². The summed E-state index contributed by atoms with van der Waals surface area (Å²) in [6.45, 7) is 0. The lowest BCUT2D eigenvalue weighted by Gasteiger charge is -2.03. The van der Waals surface area contributed by atoms with Gasteiger partial charge in [-0.05, 0) is 35.7 Å². The van der Waals surface area contributed by atoms with Gasteiger partial charge in [-0.15, -0.1) is 11.3 Å². The van der Waals surface area contributed by atoms with Gasteiger partial charge in [-0.2, -0.15) is 0 Å². The summed E-state index contributed by atoms with van der Waals surface area (Å²) in [4.78, 5) is 23.4. The molecule has 3 aromatic heterocycles. The summed E-state index contributed by atoms with van der Waals surface area (Å²) in [5.74, 6) is -0.275. The first-order valence-corrected chi connectivity index (χ1v) is 9.81. The van der Waals surface area contributed by atoms with E-state index in [-0.39, 0.29) is 5.91 Å². The molecule has 1 N–H and O–H groups in total. The molecule has 0 saturated carbocycles. The van der Waals surface area contributed by atoms with Crippen molar-refractivity contribution in [1.82, 2.24) is 9.97 Å². The third-order valence-corrected chi connectivity index (χ3v) is 6.02. The van der Waals surface area contributed by atoms with Gasteiger partial charge in [0.1, 0.15) is 0 Å². The normalized spacial score (nSPS) is 10.7. The average Bonchev–Trinajstić information content (AvgIpc) is 3.32. The second-order valence-electron chi connectivity index (χ2n) is 5.34. The van der Waals surface area contributed by atoms with Crippen molar-refractivity contribution in [3.63, 3.8) is 0 Å². The van der Waals surface area contributed by atoms with Crippen molar-refractivity contribution in [3.05, 3.63) is 76.9 Å². The first kappa shape index (κ1) is 16.9. The van der Waals surface area contributed by atoms with E-state index in [9.17, 15) is 4.79 Å². The van der Waals surface area contributed by atoms with Crippen molar-refractivity contribution in [2.24, 2.45) is 0 Å². The van der Waals surface area contributed by atoms with Gasteiger partial charge in [-0.3, -0.25) is 15.1 Å². The Balaban J connectivity index is 1.72. The molecule has 4 nitrogen and oxygen atoms in total. The predicted octanol–water partition coefficient (Wildman–Crippen LogP) is 5.84. The number of nitrogens with zero attached hydrogens (tertiary/aromatic N) is 2. The van der Waals surface area contributed by atoms with E-state index in [1.165, 1.54) is 11.3 Å². The Labute approximate surface area is 163 Å². The number of carbonyl (C=O) groups is 1. The number of nitrogens with one attached hydrogen (secondary N) is 1. The summed E-state index contributed by atoms with van der Waals surface area (Å²) in [6.07, 6.45) is 3.46. The minimum Gasteiger partial charge on any atom is -0.298 e. The molecule has 1 aromatic carbocycles. The van der Waals surface area contributed by atoms with E-state index in [1.807, 2.05) is 29.6 Å². The fourth-order valence-electron chi connectivity index (χ4n) is 2.46. The Kier molecular flexibility index (Phi) is 4.79. The van der Waals surface area contributed by atoms with E-state index in [2.05, 4.69) is 15.3 Å². The second kappa shape index (κ2) is 7.37. The lowest BCUT2D eigenvalue weighted by Crippen LogP contribution is -2.12. The zero-order chi connectivity index (χ0) is 17.9. The number of thiophene rings is 1. The van der Waals surface area contributed by atoms with E-state index in [4.69, 9.17) is 11.6 Å². The Bertz CT molecular complexity index is 1050. The number of carbonyl (C=O) groups excluding carboxylic acids is 1. The third kappa shape index (κ3) is 3.39. The van der Waals surface area contributed by atoms with Crippen LogP contribution in [-0.4, -0.2) is 15.9 Å². The van der Waals surface area contributed by atoms with Crippen LogP contribution >= 0.6 is 34.3 Å². The third-order valence-electron chi connectivity index (χ3n) is 3.66. The number of amides is 1. The van der Waals surface area contributed by atoms with Crippen molar-refractivity contribution in [2.75, 3.05) is 5.32 Å². The summed E-state index contributed by atoms with van der Waals surface area (Å²) >= 11 is 9.20. The standard InChI is InChI=1S/C19H12ClN3OS2/c20-14-5-2-1-4-13(14)18(24)23-19-22-16(12-7-9-21-10-8-12)17(26-19)15-6-3-11-25-15/h1-11H,(H,22,23,24). The van der Waals surface area contributed by atoms with Crippen LogP contribution in [0.15, 0.2) is 66.3 Å². The van der Waals surface area contributed by atoms with Crippen molar-refractivity contribution in [2.45, 2.75) is 0 Å². The highest BCUT2D eigenvalue weighted by atomic mass is 35.5. The molecule has 7 heteroatoms. The molecule has 4 rings (SSSR count). The van der Waals surface area contributed by atoms with E-state index < -0.39 is 0 Å². The largest absolute Gasteiger partial charge is 0.298 e. The van der Waals surface area contributed by atoms with Gasteiger partial charge in [0.25, 0.3) is 5.91 Å². The van der Waals surface area contributed by atoms with E-state index in [1.54, 1.807) is 48.0 Å². The van der Waals surface area contributed by atoms with Crippen molar-refractivity contribution >= 4 is 45.3 Å².